The number of carbonyl (C=O) groups excluding carboxylic acids is 1. The van der Waals surface area contributed by atoms with Gasteiger partial charge in [0, 0.05) is 22.4 Å². The molecular weight excluding hydrogens is 438 g/mol. The van der Waals surface area contributed by atoms with Crippen molar-refractivity contribution in [3.63, 3.8) is 0 Å². The van der Waals surface area contributed by atoms with Crippen molar-refractivity contribution in [1.82, 2.24) is 9.66 Å². The average molecular weight is 462 g/mol. The molecule has 1 aliphatic rings. The maximum Gasteiger partial charge on any atom is 0.281 e. The van der Waals surface area contributed by atoms with Gasteiger partial charge in [0.25, 0.3) is 11.5 Å². The molecule has 0 fully saturated rings. The smallest absolute Gasteiger partial charge is 0.281 e. The standard InChI is InChI=1S/C25H23N3O4S/c1-15-20(16-8-5-4-6-9-16)21-23(33-15)26-14-28(24(21)30)27-19(29)13-31-18-11-7-10-17-12-25(2,3)32-22(17)18/h4-11,14H,12-13H2,1-3H3,(H,27,29). The van der Waals surface area contributed by atoms with E-state index in [-0.39, 0.29) is 17.8 Å². The van der Waals surface area contributed by atoms with Gasteiger partial charge in [0.1, 0.15) is 16.8 Å². The zero-order chi connectivity index (χ0) is 23.2. The average Bonchev–Trinajstić information content (AvgIpc) is 3.29. The Balaban J connectivity index is 1.37. The number of ether oxygens (including phenoxy) is 2. The molecule has 0 bridgehead atoms. The predicted octanol–water partition coefficient (Wildman–Crippen LogP) is 4.30. The molecule has 0 radical (unpaired) electrons. The summed E-state index contributed by atoms with van der Waals surface area (Å²) >= 11 is 1.46. The van der Waals surface area contributed by atoms with E-state index in [1.165, 1.54) is 17.7 Å². The van der Waals surface area contributed by atoms with Crippen molar-refractivity contribution in [1.29, 1.82) is 0 Å². The molecule has 0 aliphatic carbocycles. The first-order chi connectivity index (χ1) is 15.8. The van der Waals surface area contributed by atoms with E-state index in [2.05, 4.69) is 10.4 Å². The number of nitrogens with zero attached hydrogens (tertiary/aromatic N) is 2. The molecule has 0 saturated carbocycles. The van der Waals surface area contributed by atoms with Gasteiger partial charge in [0.05, 0.1) is 5.39 Å². The van der Waals surface area contributed by atoms with Crippen LogP contribution in [0.4, 0.5) is 0 Å². The molecule has 1 amide bonds. The van der Waals surface area contributed by atoms with Crippen LogP contribution in [0.3, 0.4) is 0 Å². The number of fused-ring (bicyclic) bond motifs is 2. The van der Waals surface area contributed by atoms with Gasteiger partial charge < -0.3 is 9.47 Å². The number of para-hydroxylation sites is 1. The summed E-state index contributed by atoms with van der Waals surface area (Å²) in [4.78, 5) is 31.8. The van der Waals surface area contributed by atoms with Crippen molar-refractivity contribution in [2.45, 2.75) is 32.8 Å². The molecule has 0 spiro atoms. The second-order valence-electron chi connectivity index (χ2n) is 8.61. The predicted molar refractivity (Wildman–Crippen MR) is 129 cm³/mol. The summed E-state index contributed by atoms with van der Waals surface area (Å²) < 4.78 is 12.8. The highest BCUT2D eigenvalue weighted by molar-refractivity contribution is 7.19. The Morgan fingerprint density at radius 1 is 1.21 bits per heavy atom. The summed E-state index contributed by atoms with van der Waals surface area (Å²) in [5, 5.41) is 0.490. The number of amides is 1. The highest BCUT2D eigenvalue weighted by Gasteiger charge is 2.32. The van der Waals surface area contributed by atoms with Crippen LogP contribution in [-0.2, 0) is 11.2 Å². The monoisotopic (exact) mass is 461 g/mol. The lowest BCUT2D eigenvalue weighted by atomic mass is 10.0. The Hall–Kier alpha value is -3.65. The number of hydrogen-bond donors (Lipinski definition) is 1. The van der Waals surface area contributed by atoms with Gasteiger partial charge in [-0.25, -0.2) is 9.66 Å². The maximum absolute atomic E-state index is 13.2. The third-order valence-electron chi connectivity index (χ3n) is 5.51. The Morgan fingerprint density at radius 2 is 2.00 bits per heavy atom. The van der Waals surface area contributed by atoms with Crippen LogP contribution in [-0.4, -0.2) is 27.8 Å². The number of aromatic nitrogens is 2. The Labute approximate surface area is 194 Å². The van der Waals surface area contributed by atoms with Gasteiger partial charge in [-0.05, 0) is 32.4 Å². The molecule has 1 aliphatic heterocycles. The summed E-state index contributed by atoms with van der Waals surface area (Å²) in [5.41, 5.74) is 4.77. The molecular formula is C25H23N3O4S. The molecule has 7 nitrogen and oxygen atoms in total. The third kappa shape index (κ3) is 3.98. The fourth-order valence-corrected chi connectivity index (χ4v) is 5.15. The van der Waals surface area contributed by atoms with Crippen LogP contribution >= 0.6 is 11.3 Å². The second-order valence-corrected chi connectivity index (χ2v) is 9.81. The fraction of sp³-hybridized carbons (Fsp3) is 0.240. The van der Waals surface area contributed by atoms with E-state index in [0.29, 0.717) is 21.7 Å². The molecule has 3 heterocycles. The molecule has 0 saturated heterocycles. The highest BCUT2D eigenvalue weighted by Crippen LogP contribution is 2.41. The van der Waals surface area contributed by atoms with Crippen molar-refractivity contribution < 1.29 is 14.3 Å². The minimum Gasteiger partial charge on any atom is -0.483 e. The molecule has 1 N–H and O–H groups in total. The van der Waals surface area contributed by atoms with Crippen LogP contribution in [0, 0.1) is 6.92 Å². The second kappa shape index (κ2) is 8.04. The van der Waals surface area contributed by atoms with Crippen molar-refractivity contribution in [2.24, 2.45) is 0 Å². The number of thiophene rings is 1. The van der Waals surface area contributed by atoms with E-state index in [1.807, 2.05) is 63.2 Å². The first kappa shape index (κ1) is 21.2. The summed E-state index contributed by atoms with van der Waals surface area (Å²) in [5.74, 6) is 0.701. The van der Waals surface area contributed by atoms with E-state index in [0.717, 1.165) is 32.7 Å². The van der Waals surface area contributed by atoms with Crippen LogP contribution < -0.4 is 20.5 Å². The first-order valence-corrected chi connectivity index (χ1v) is 11.4. The van der Waals surface area contributed by atoms with Crippen LogP contribution in [0.1, 0.15) is 24.3 Å². The minimum absolute atomic E-state index is 0.265. The van der Waals surface area contributed by atoms with E-state index in [9.17, 15) is 9.59 Å². The fourth-order valence-electron chi connectivity index (χ4n) is 4.15. The number of nitrogens with one attached hydrogen (secondary N) is 1. The normalized spacial score (nSPS) is 14.0. The summed E-state index contributed by atoms with van der Waals surface area (Å²) in [6, 6.07) is 15.3. The van der Waals surface area contributed by atoms with Gasteiger partial charge in [0.2, 0.25) is 0 Å². The number of hydrogen-bond acceptors (Lipinski definition) is 6. The van der Waals surface area contributed by atoms with Crippen molar-refractivity contribution in [3.8, 4) is 22.6 Å². The number of carbonyl (C=O) groups is 1. The van der Waals surface area contributed by atoms with Gasteiger partial charge >= 0.3 is 0 Å². The molecule has 0 atom stereocenters. The molecule has 0 unspecified atom stereocenters. The van der Waals surface area contributed by atoms with Gasteiger partial charge in [-0.3, -0.25) is 15.0 Å². The van der Waals surface area contributed by atoms with Crippen molar-refractivity contribution >= 4 is 27.5 Å². The molecule has 2 aromatic carbocycles. The Kier molecular flexibility index (Phi) is 5.17. The number of aryl methyl sites for hydroxylation is 1. The zero-order valence-corrected chi connectivity index (χ0v) is 19.4. The maximum atomic E-state index is 13.2. The quantitative estimate of drug-likeness (QED) is 0.479. The van der Waals surface area contributed by atoms with E-state index < -0.39 is 5.91 Å². The number of benzene rings is 2. The zero-order valence-electron chi connectivity index (χ0n) is 18.5. The lowest BCUT2D eigenvalue weighted by Crippen LogP contribution is -2.35. The van der Waals surface area contributed by atoms with Crippen LogP contribution in [0.25, 0.3) is 21.3 Å². The summed E-state index contributed by atoms with van der Waals surface area (Å²) in [7, 11) is 0. The van der Waals surface area contributed by atoms with E-state index in [4.69, 9.17) is 9.47 Å². The highest BCUT2D eigenvalue weighted by atomic mass is 32.1. The Bertz CT molecular complexity index is 1420. The first-order valence-electron chi connectivity index (χ1n) is 10.6. The minimum atomic E-state index is -0.471. The van der Waals surface area contributed by atoms with Gasteiger partial charge in [-0.1, -0.05) is 42.5 Å². The Morgan fingerprint density at radius 3 is 2.79 bits per heavy atom. The van der Waals surface area contributed by atoms with Gasteiger partial charge in [0.15, 0.2) is 18.1 Å². The van der Waals surface area contributed by atoms with E-state index in [1.54, 1.807) is 6.07 Å². The van der Waals surface area contributed by atoms with Gasteiger partial charge in [-0.15, -0.1) is 11.3 Å². The topological polar surface area (TPSA) is 82.5 Å². The number of rotatable bonds is 5. The van der Waals surface area contributed by atoms with Gasteiger partial charge in [-0.2, -0.15) is 0 Å². The molecule has 5 rings (SSSR count). The lowest BCUT2D eigenvalue weighted by molar-refractivity contribution is -0.119. The van der Waals surface area contributed by atoms with Crippen LogP contribution in [0.15, 0.2) is 59.7 Å². The summed E-state index contributed by atoms with van der Waals surface area (Å²) in [6.45, 7) is 5.72. The third-order valence-corrected chi connectivity index (χ3v) is 6.52. The summed E-state index contributed by atoms with van der Waals surface area (Å²) in [6.07, 6.45) is 2.11. The molecule has 168 valence electrons. The van der Waals surface area contributed by atoms with Crippen LogP contribution in [0.2, 0.25) is 0 Å². The SMILES string of the molecule is Cc1sc2ncn(NC(=O)COc3cccc4c3OC(C)(C)C4)c(=O)c2c1-c1ccccc1. The molecule has 2 aromatic heterocycles. The molecule has 8 heteroatoms. The van der Waals surface area contributed by atoms with Crippen molar-refractivity contribution in [2.75, 3.05) is 12.0 Å². The lowest BCUT2D eigenvalue weighted by Gasteiger charge is -2.18. The molecule has 33 heavy (non-hydrogen) atoms. The largest absolute Gasteiger partial charge is 0.483 e. The molecule has 4 aromatic rings. The van der Waals surface area contributed by atoms with E-state index >= 15 is 0 Å². The van der Waals surface area contributed by atoms with Crippen LogP contribution in [0.5, 0.6) is 11.5 Å². The van der Waals surface area contributed by atoms with Crippen molar-refractivity contribution in [3.05, 3.63) is 75.7 Å².